The molecule has 1 amide bonds. The molecule has 0 saturated heterocycles. The second kappa shape index (κ2) is 8.45. The predicted octanol–water partition coefficient (Wildman–Crippen LogP) is 3.44. The topological polar surface area (TPSA) is 44.4 Å². The van der Waals surface area contributed by atoms with Gasteiger partial charge in [0.1, 0.15) is 0 Å². The summed E-state index contributed by atoms with van der Waals surface area (Å²) in [5.74, 6) is -0.0809. The summed E-state index contributed by atoms with van der Waals surface area (Å²) in [6.07, 6.45) is 1.02. The lowest BCUT2D eigenvalue weighted by Gasteiger charge is -2.21. The van der Waals surface area contributed by atoms with E-state index in [0.717, 1.165) is 17.7 Å². The molecule has 0 heterocycles. The molecule has 0 bridgehead atoms. The highest BCUT2D eigenvalue weighted by Crippen LogP contribution is 2.12. The minimum atomic E-state index is -0.0809. The molecule has 0 aliphatic carbocycles. The zero-order chi connectivity index (χ0) is 17.5. The molecule has 2 N–H and O–H groups in total. The van der Waals surface area contributed by atoms with Crippen LogP contribution in [0, 0.1) is 0 Å². The molecule has 0 saturated carbocycles. The Labute approximate surface area is 148 Å². The monoisotopic (exact) mass is 341 g/mol. The summed E-state index contributed by atoms with van der Waals surface area (Å²) in [5.41, 5.74) is 4.03. The first kappa shape index (κ1) is 17.9. The van der Waals surface area contributed by atoms with Crippen LogP contribution < -0.4 is 10.6 Å². The Balaban J connectivity index is 1.94. The Morgan fingerprint density at radius 3 is 2.17 bits per heavy atom. The van der Waals surface area contributed by atoms with E-state index in [2.05, 4.69) is 29.7 Å². The van der Waals surface area contributed by atoms with E-state index in [1.807, 2.05) is 48.3 Å². The highest BCUT2D eigenvalue weighted by atomic mass is 32.1. The van der Waals surface area contributed by atoms with Gasteiger partial charge in [-0.2, -0.15) is 0 Å². The second-order valence-electron chi connectivity index (χ2n) is 5.61. The molecular formula is C19H23N3OS. The number of aryl methyl sites for hydroxylation is 1. The number of carbonyl (C=O) groups excluding carboxylic acids is 1. The van der Waals surface area contributed by atoms with Crippen LogP contribution in [0.1, 0.15) is 28.4 Å². The van der Waals surface area contributed by atoms with Crippen LogP contribution in [-0.2, 0) is 13.0 Å². The van der Waals surface area contributed by atoms with Crippen LogP contribution in [0.25, 0.3) is 0 Å². The van der Waals surface area contributed by atoms with Crippen LogP contribution in [0.4, 0.5) is 5.69 Å². The van der Waals surface area contributed by atoms with Crippen molar-refractivity contribution >= 4 is 28.9 Å². The van der Waals surface area contributed by atoms with Gasteiger partial charge in [0.05, 0.1) is 0 Å². The quantitative estimate of drug-likeness (QED) is 0.818. The number of carbonyl (C=O) groups is 1. The van der Waals surface area contributed by atoms with Crippen LogP contribution in [0.5, 0.6) is 0 Å². The first-order chi connectivity index (χ1) is 11.5. The maximum atomic E-state index is 11.6. The fourth-order valence-electron chi connectivity index (χ4n) is 2.29. The fraction of sp³-hybridized carbons (Fsp3) is 0.263. The summed E-state index contributed by atoms with van der Waals surface area (Å²) in [5, 5.41) is 6.52. The molecule has 0 radical (unpaired) electrons. The van der Waals surface area contributed by atoms with Crippen molar-refractivity contribution in [2.24, 2.45) is 0 Å². The summed E-state index contributed by atoms with van der Waals surface area (Å²) < 4.78 is 0. The molecule has 24 heavy (non-hydrogen) atoms. The first-order valence-electron chi connectivity index (χ1n) is 7.95. The van der Waals surface area contributed by atoms with Gasteiger partial charge < -0.3 is 15.5 Å². The Morgan fingerprint density at radius 2 is 1.62 bits per heavy atom. The Bertz CT molecular complexity index is 696. The number of hydrogen-bond donors (Lipinski definition) is 2. The van der Waals surface area contributed by atoms with Gasteiger partial charge in [0.15, 0.2) is 5.11 Å². The molecule has 0 aliphatic rings. The number of amides is 1. The molecule has 0 unspecified atom stereocenters. The van der Waals surface area contributed by atoms with Crippen LogP contribution in [0.3, 0.4) is 0 Å². The summed E-state index contributed by atoms with van der Waals surface area (Å²) in [6.45, 7) is 2.81. The number of hydrogen-bond acceptors (Lipinski definition) is 2. The van der Waals surface area contributed by atoms with E-state index in [1.165, 1.54) is 5.56 Å². The highest BCUT2D eigenvalue weighted by molar-refractivity contribution is 7.80. The van der Waals surface area contributed by atoms with Gasteiger partial charge in [0.2, 0.25) is 0 Å². The third-order valence-electron chi connectivity index (χ3n) is 3.82. The van der Waals surface area contributed by atoms with Crippen molar-refractivity contribution in [3.63, 3.8) is 0 Å². The first-order valence-corrected chi connectivity index (χ1v) is 8.36. The van der Waals surface area contributed by atoms with Gasteiger partial charge in [-0.3, -0.25) is 4.79 Å². The van der Waals surface area contributed by atoms with E-state index in [0.29, 0.717) is 17.2 Å². The molecule has 0 spiro atoms. The van der Waals surface area contributed by atoms with Crippen molar-refractivity contribution in [3.05, 3.63) is 65.2 Å². The number of benzene rings is 2. The molecule has 0 aliphatic heterocycles. The minimum Gasteiger partial charge on any atom is -0.355 e. The normalized spacial score (nSPS) is 10.1. The third-order valence-corrected chi connectivity index (χ3v) is 4.24. The third kappa shape index (κ3) is 4.80. The predicted molar refractivity (Wildman–Crippen MR) is 103 cm³/mol. The van der Waals surface area contributed by atoms with E-state index < -0.39 is 0 Å². The standard InChI is InChI=1S/C19H23N3OS/c1-4-14-7-11-17(12-8-14)21-19(24)22(3)13-15-5-9-16(10-6-15)18(23)20-2/h5-12H,4,13H2,1-3H3,(H,20,23)(H,21,24). The molecule has 126 valence electrons. The van der Waals surface area contributed by atoms with Crippen molar-refractivity contribution in [3.8, 4) is 0 Å². The van der Waals surface area contributed by atoms with Crippen LogP contribution >= 0.6 is 12.2 Å². The zero-order valence-corrected chi connectivity index (χ0v) is 15.1. The number of rotatable bonds is 5. The van der Waals surface area contributed by atoms with Crippen molar-refractivity contribution in [1.29, 1.82) is 0 Å². The van der Waals surface area contributed by atoms with Crippen molar-refractivity contribution < 1.29 is 4.79 Å². The molecule has 0 aromatic heterocycles. The largest absolute Gasteiger partial charge is 0.355 e. The van der Waals surface area contributed by atoms with E-state index >= 15 is 0 Å². The van der Waals surface area contributed by atoms with Crippen molar-refractivity contribution in [2.45, 2.75) is 19.9 Å². The van der Waals surface area contributed by atoms with Crippen LogP contribution in [-0.4, -0.2) is 30.0 Å². The fourth-order valence-corrected chi connectivity index (χ4v) is 2.48. The lowest BCUT2D eigenvalue weighted by Crippen LogP contribution is -2.30. The lowest BCUT2D eigenvalue weighted by molar-refractivity contribution is 0.0963. The van der Waals surface area contributed by atoms with Crippen LogP contribution in [0.15, 0.2) is 48.5 Å². The number of thiocarbonyl (C=S) groups is 1. The number of nitrogens with one attached hydrogen (secondary N) is 2. The van der Waals surface area contributed by atoms with Crippen molar-refractivity contribution in [2.75, 3.05) is 19.4 Å². The van der Waals surface area contributed by atoms with Crippen molar-refractivity contribution in [1.82, 2.24) is 10.2 Å². The van der Waals surface area contributed by atoms with Gasteiger partial charge in [0.25, 0.3) is 5.91 Å². The molecular weight excluding hydrogens is 318 g/mol. The molecule has 4 nitrogen and oxygen atoms in total. The van der Waals surface area contributed by atoms with E-state index in [9.17, 15) is 4.79 Å². The zero-order valence-electron chi connectivity index (χ0n) is 14.3. The smallest absolute Gasteiger partial charge is 0.251 e. The van der Waals surface area contributed by atoms with Gasteiger partial charge in [-0.15, -0.1) is 0 Å². The summed E-state index contributed by atoms with van der Waals surface area (Å²) in [6, 6.07) is 15.8. The van der Waals surface area contributed by atoms with Gasteiger partial charge in [-0.1, -0.05) is 31.2 Å². The Kier molecular flexibility index (Phi) is 6.32. The van der Waals surface area contributed by atoms with Gasteiger partial charge >= 0.3 is 0 Å². The molecule has 5 heteroatoms. The summed E-state index contributed by atoms with van der Waals surface area (Å²) >= 11 is 5.46. The number of nitrogens with zero attached hydrogens (tertiary/aromatic N) is 1. The van der Waals surface area contributed by atoms with E-state index in [1.54, 1.807) is 7.05 Å². The molecule has 2 aromatic carbocycles. The Morgan fingerprint density at radius 1 is 1.04 bits per heavy atom. The SMILES string of the molecule is CCc1ccc(NC(=S)N(C)Cc2ccc(C(=O)NC)cc2)cc1. The lowest BCUT2D eigenvalue weighted by atomic mass is 10.1. The summed E-state index contributed by atoms with van der Waals surface area (Å²) in [4.78, 5) is 13.5. The molecule has 2 aromatic rings. The maximum Gasteiger partial charge on any atom is 0.251 e. The van der Waals surface area contributed by atoms with Crippen LogP contribution in [0.2, 0.25) is 0 Å². The van der Waals surface area contributed by atoms with Gasteiger partial charge in [-0.05, 0) is 54.0 Å². The maximum absolute atomic E-state index is 11.6. The molecule has 0 atom stereocenters. The van der Waals surface area contributed by atoms with E-state index in [-0.39, 0.29) is 5.91 Å². The van der Waals surface area contributed by atoms with E-state index in [4.69, 9.17) is 12.2 Å². The highest BCUT2D eigenvalue weighted by Gasteiger charge is 2.07. The average Bonchev–Trinajstić information content (AvgIpc) is 2.62. The minimum absolute atomic E-state index is 0.0809. The number of anilines is 1. The van der Waals surface area contributed by atoms with Gasteiger partial charge in [-0.25, -0.2) is 0 Å². The average molecular weight is 341 g/mol. The summed E-state index contributed by atoms with van der Waals surface area (Å²) in [7, 11) is 3.57. The molecule has 0 fully saturated rings. The second-order valence-corrected chi connectivity index (χ2v) is 6.00. The Hall–Kier alpha value is -2.40. The molecule has 2 rings (SSSR count). The van der Waals surface area contributed by atoms with Gasteiger partial charge in [0, 0.05) is 31.9 Å².